The van der Waals surface area contributed by atoms with Gasteiger partial charge in [-0.15, -0.1) is 0 Å². The van der Waals surface area contributed by atoms with E-state index in [4.69, 9.17) is 16.4 Å². The van der Waals surface area contributed by atoms with E-state index in [1.165, 1.54) is 12.1 Å². The molecule has 1 aromatic rings. The van der Waals surface area contributed by atoms with Crippen LogP contribution in [0.2, 0.25) is 5.02 Å². The zero-order valence-electron chi connectivity index (χ0n) is 9.62. The van der Waals surface area contributed by atoms with Crippen molar-refractivity contribution in [3.8, 4) is 0 Å². The molecule has 0 radical (unpaired) electrons. The lowest BCUT2D eigenvalue weighted by molar-refractivity contribution is -0.0358. The van der Waals surface area contributed by atoms with Crippen LogP contribution in [-0.4, -0.2) is 14.0 Å². The Kier molecular flexibility index (Phi) is 4.14. The van der Waals surface area contributed by atoms with Gasteiger partial charge in [0.1, 0.15) is 4.90 Å². The smallest absolute Gasteiger partial charge is 0.265 e. The van der Waals surface area contributed by atoms with Crippen LogP contribution >= 0.6 is 11.6 Å². The van der Waals surface area contributed by atoms with E-state index in [-0.39, 0.29) is 5.02 Å². The second kappa shape index (κ2) is 4.89. The number of nitrogens with one attached hydrogen (secondary N) is 1. The van der Waals surface area contributed by atoms with Crippen molar-refractivity contribution in [2.75, 3.05) is 0 Å². The van der Waals surface area contributed by atoms with Gasteiger partial charge >= 0.3 is 0 Å². The Morgan fingerprint density at radius 2 is 1.94 bits per heavy atom. The summed E-state index contributed by atoms with van der Waals surface area (Å²) in [5, 5.41) is -0.261. The zero-order valence-corrected chi connectivity index (χ0v) is 11.2. The molecule has 0 saturated carbocycles. The molecule has 0 amide bonds. The molecule has 0 aliphatic heterocycles. The predicted octanol–water partition coefficient (Wildman–Crippen LogP) is 2.49. The molecule has 0 aromatic heterocycles. The Bertz CT molecular complexity index is 511. The van der Waals surface area contributed by atoms with Gasteiger partial charge in [-0.25, -0.2) is 12.8 Å². The van der Waals surface area contributed by atoms with Crippen molar-refractivity contribution in [1.29, 1.82) is 0 Å². The number of rotatable bonds is 3. The molecule has 0 aliphatic carbocycles. The summed E-state index contributed by atoms with van der Waals surface area (Å²) in [7, 11) is -4.08. The Morgan fingerprint density at radius 3 is 2.47 bits per heavy atom. The lowest BCUT2D eigenvalue weighted by Gasteiger charge is -2.19. The molecule has 0 heterocycles. The summed E-state index contributed by atoms with van der Waals surface area (Å²) in [5.74, 6) is -1.00. The molecule has 0 aliphatic rings. The Morgan fingerprint density at radius 1 is 1.35 bits per heavy atom. The molecule has 1 N–H and O–H groups in total. The largest absolute Gasteiger partial charge is 0.281 e. The minimum atomic E-state index is -4.08. The topological polar surface area (TPSA) is 55.4 Å². The van der Waals surface area contributed by atoms with Gasteiger partial charge in [0.05, 0.1) is 10.6 Å². The molecule has 7 heteroatoms. The molecule has 1 rings (SSSR count). The number of hydrogen-bond acceptors (Lipinski definition) is 3. The van der Waals surface area contributed by atoms with Gasteiger partial charge in [-0.1, -0.05) is 22.6 Å². The maximum Gasteiger partial charge on any atom is 0.265 e. The summed E-state index contributed by atoms with van der Waals surface area (Å²) >= 11 is 5.50. The zero-order chi connectivity index (χ0) is 13.3. The molecule has 96 valence electrons. The average Bonchev–Trinajstić information content (AvgIpc) is 2.18. The number of benzene rings is 1. The molecule has 17 heavy (non-hydrogen) atoms. The number of halogens is 2. The van der Waals surface area contributed by atoms with Crippen LogP contribution in [0.5, 0.6) is 0 Å². The monoisotopic (exact) mass is 281 g/mol. The van der Waals surface area contributed by atoms with Gasteiger partial charge in [-0.05, 0) is 32.9 Å². The summed E-state index contributed by atoms with van der Waals surface area (Å²) in [5.41, 5.74) is -0.720. The maximum absolute atomic E-state index is 13.5. The van der Waals surface area contributed by atoms with Gasteiger partial charge in [-0.2, -0.15) is 0 Å². The van der Waals surface area contributed by atoms with Crippen molar-refractivity contribution < 1.29 is 17.6 Å². The van der Waals surface area contributed by atoms with E-state index in [1.807, 2.05) is 4.89 Å². The first-order valence-corrected chi connectivity index (χ1v) is 6.63. The standard InChI is InChI=1S/C10H13ClFNO3S/c1-10(2,3)16-13-17(14,15)8-6-4-5-7(11)9(8)12/h4-6,13H,1-3H3. The van der Waals surface area contributed by atoms with Crippen LogP contribution in [0, 0.1) is 5.82 Å². The molecular formula is C10H13ClFNO3S. The third kappa shape index (κ3) is 3.92. The van der Waals surface area contributed by atoms with Gasteiger partial charge in [-0.3, -0.25) is 4.84 Å². The van der Waals surface area contributed by atoms with Gasteiger partial charge in [0.2, 0.25) is 0 Å². The first kappa shape index (κ1) is 14.4. The first-order valence-electron chi connectivity index (χ1n) is 4.77. The molecule has 4 nitrogen and oxygen atoms in total. The minimum absolute atomic E-state index is 0.261. The second-order valence-electron chi connectivity index (χ2n) is 4.35. The molecule has 0 saturated heterocycles. The van der Waals surface area contributed by atoms with E-state index < -0.39 is 26.3 Å². The summed E-state index contributed by atoms with van der Waals surface area (Å²) in [6.07, 6.45) is 0. The van der Waals surface area contributed by atoms with E-state index in [1.54, 1.807) is 20.8 Å². The molecule has 0 bridgehead atoms. The van der Waals surface area contributed by atoms with Crippen LogP contribution in [0.1, 0.15) is 20.8 Å². The lowest BCUT2D eigenvalue weighted by atomic mass is 10.2. The van der Waals surface area contributed by atoms with Crippen LogP contribution < -0.4 is 4.89 Å². The highest BCUT2D eigenvalue weighted by molar-refractivity contribution is 7.89. The SMILES string of the molecule is CC(C)(C)ONS(=O)(=O)c1cccc(Cl)c1F. The quantitative estimate of drug-likeness (QED) is 0.866. The van der Waals surface area contributed by atoms with Crippen molar-refractivity contribution >= 4 is 21.6 Å². The molecule has 0 unspecified atom stereocenters. The average molecular weight is 282 g/mol. The highest BCUT2D eigenvalue weighted by Gasteiger charge is 2.23. The fourth-order valence-electron chi connectivity index (χ4n) is 0.916. The highest BCUT2D eigenvalue weighted by atomic mass is 35.5. The third-order valence-electron chi connectivity index (χ3n) is 1.66. The van der Waals surface area contributed by atoms with Crippen molar-refractivity contribution in [2.45, 2.75) is 31.3 Å². The summed E-state index contributed by atoms with van der Waals surface area (Å²) in [6, 6.07) is 3.72. The minimum Gasteiger partial charge on any atom is -0.281 e. The molecule has 1 aromatic carbocycles. The fourth-order valence-corrected chi connectivity index (χ4v) is 2.20. The fraction of sp³-hybridized carbons (Fsp3) is 0.400. The molecule has 0 spiro atoms. The van der Waals surface area contributed by atoms with Crippen LogP contribution in [0.25, 0.3) is 0 Å². The third-order valence-corrected chi connectivity index (χ3v) is 3.15. The van der Waals surface area contributed by atoms with Crippen molar-refractivity contribution in [2.24, 2.45) is 0 Å². The van der Waals surface area contributed by atoms with E-state index in [0.29, 0.717) is 0 Å². The van der Waals surface area contributed by atoms with Gasteiger partial charge in [0.25, 0.3) is 10.0 Å². The van der Waals surface area contributed by atoms with Crippen molar-refractivity contribution in [1.82, 2.24) is 4.89 Å². The van der Waals surface area contributed by atoms with Gasteiger partial charge in [0, 0.05) is 0 Å². The van der Waals surface area contributed by atoms with Crippen molar-refractivity contribution in [3.63, 3.8) is 0 Å². The van der Waals surface area contributed by atoms with Crippen LogP contribution in [-0.2, 0) is 14.9 Å². The van der Waals surface area contributed by atoms with E-state index in [9.17, 15) is 12.8 Å². The normalized spacial score (nSPS) is 12.8. The molecule has 0 atom stereocenters. The van der Waals surface area contributed by atoms with Crippen LogP contribution in [0.15, 0.2) is 23.1 Å². The van der Waals surface area contributed by atoms with Crippen LogP contribution in [0.4, 0.5) is 4.39 Å². The second-order valence-corrected chi connectivity index (χ2v) is 6.37. The van der Waals surface area contributed by atoms with E-state index in [0.717, 1.165) is 6.07 Å². The van der Waals surface area contributed by atoms with Crippen LogP contribution in [0.3, 0.4) is 0 Å². The lowest BCUT2D eigenvalue weighted by Crippen LogP contribution is -2.34. The highest BCUT2D eigenvalue weighted by Crippen LogP contribution is 2.22. The summed E-state index contributed by atoms with van der Waals surface area (Å²) < 4.78 is 36.9. The summed E-state index contributed by atoms with van der Waals surface area (Å²) in [6.45, 7) is 4.97. The van der Waals surface area contributed by atoms with Gasteiger partial charge in [0.15, 0.2) is 5.82 Å². The van der Waals surface area contributed by atoms with Gasteiger partial charge < -0.3 is 0 Å². The predicted molar refractivity (Wildman–Crippen MR) is 62.6 cm³/mol. The summed E-state index contributed by atoms with van der Waals surface area (Å²) in [4.78, 5) is 6.21. The van der Waals surface area contributed by atoms with E-state index >= 15 is 0 Å². The Balaban J connectivity index is 3.02. The van der Waals surface area contributed by atoms with Crippen molar-refractivity contribution in [3.05, 3.63) is 29.0 Å². The molecule has 0 fully saturated rings. The van der Waals surface area contributed by atoms with E-state index in [2.05, 4.69) is 0 Å². The molecular weight excluding hydrogens is 269 g/mol. The number of sulfonamides is 1. The maximum atomic E-state index is 13.5. The Labute approximate surface area is 105 Å². The first-order chi connectivity index (χ1) is 7.63. The Hall–Kier alpha value is -0.690. The number of hydrogen-bond donors (Lipinski definition) is 1.